The average molecular weight is 274 g/mol. The molecular formula is C11H13BrFNO. The second kappa shape index (κ2) is 3.76. The first-order valence-corrected chi connectivity index (χ1v) is 5.75. The number of rotatable bonds is 3. The molecule has 0 unspecified atom stereocenters. The highest BCUT2D eigenvalue weighted by Gasteiger charge is 2.37. The summed E-state index contributed by atoms with van der Waals surface area (Å²) in [5.41, 5.74) is 6.49. The monoisotopic (exact) mass is 273 g/mol. The lowest BCUT2D eigenvalue weighted by atomic mass is 10.0. The number of halogens is 2. The van der Waals surface area contributed by atoms with Gasteiger partial charge in [0.15, 0.2) is 0 Å². The molecule has 0 radical (unpaired) electrons. The van der Waals surface area contributed by atoms with E-state index in [0.717, 1.165) is 19.3 Å². The van der Waals surface area contributed by atoms with Crippen molar-refractivity contribution in [3.8, 4) is 5.75 Å². The number of phenols is 1. The second-order valence-electron chi connectivity index (χ2n) is 4.26. The van der Waals surface area contributed by atoms with Crippen LogP contribution in [0.2, 0.25) is 0 Å². The Labute approximate surface area is 96.4 Å². The molecule has 1 aliphatic carbocycles. The third kappa shape index (κ3) is 2.49. The van der Waals surface area contributed by atoms with Crippen molar-refractivity contribution in [2.24, 2.45) is 5.73 Å². The molecule has 0 bridgehead atoms. The summed E-state index contributed by atoms with van der Waals surface area (Å²) in [6.07, 6.45) is 3.49. The molecule has 0 atom stereocenters. The Morgan fingerprint density at radius 3 is 2.73 bits per heavy atom. The fourth-order valence-corrected chi connectivity index (χ4v) is 2.08. The van der Waals surface area contributed by atoms with Crippen LogP contribution in [-0.2, 0) is 6.42 Å². The number of hydrogen-bond donors (Lipinski definition) is 2. The molecule has 4 heteroatoms. The highest BCUT2D eigenvalue weighted by Crippen LogP contribution is 2.38. The molecular weight excluding hydrogens is 261 g/mol. The number of aryl methyl sites for hydroxylation is 1. The van der Waals surface area contributed by atoms with Gasteiger partial charge < -0.3 is 10.8 Å². The second-order valence-corrected chi connectivity index (χ2v) is 5.11. The van der Waals surface area contributed by atoms with Crippen molar-refractivity contribution >= 4 is 15.9 Å². The van der Waals surface area contributed by atoms with Gasteiger partial charge in [0.2, 0.25) is 0 Å². The fraction of sp³-hybridized carbons (Fsp3) is 0.455. The van der Waals surface area contributed by atoms with Gasteiger partial charge in [0, 0.05) is 5.54 Å². The number of nitrogens with two attached hydrogens (primary N) is 1. The van der Waals surface area contributed by atoms with Crippen LogP contribution in [0.25, 0.3) is 0 Å². The molecule has 1 aromatic carbocycles. The summed E-state index contributed by atoms with van der Waals surface area (Å²) in [6.45, 7) is 0. The van der Waals surface area contributed by atoms with Gasteiger partial charge in [-0.05, 0) is 59.3 Å². The normalized spacial score (nSPS) is 17.8. The maximum Gasteiger partial charge on any atom is 0.133 e. The Balaban J connectivity index is 2.13. The summed E-state index contributed by atoms with van der Waals surface area (Å²) in [4.78, 5) is 0. The lowest BCUT2D eigenvalue weighted by Crippen LogP contribution is -2.22. The van der Waals surface area contributed by atoms with E-state index in [4.69, 9.17) is 5.73 Å². The minimum absolute atomic E-state index is 0.0643. The van der Waals surface area contributed by atoms with E-state index in [2.05, 4.69) is 15.9 Å². The van der Waals surface area contributed by atoms with E-state index >= 15 is 0 Å². The minimum atomic E-state index is -0.337. The highest BCUT2D eigenvalue weighted by molar-refractivity contribution is 9.10. The Morgan fingerprint density at radius 2 is 2.13 bits per heavy atom. The van der Waals surface area contributed by atoms with E-state index in [9.17, 15) is 9.50 Å². The number of phenolic OH excluding ortho intramolecular Hbond substituents is 1. The summed E-state index contributed by atoms with van der Waals surface area (Å²) in [5.74, 6) is -0.211. The molecule has 0 aliphatic heterocycles. The molecule has 0 heterocycles. The van der Waals surface area contributed by atoms with Crippen LogP contribution >= 0.6 is 15.9 Å². The van der Waals surface area contributed by atoms with Crippen LogP contribution in [0.4, 0.5) is 4.39 Å². The van der Waals surface area contributed by atoms with Crippen LogP contribution in [0.15, 0.2) is 16.6 Å². The quantitative estimate of drug-likeness (QED) is 0.890. The average Bonchev–Trinajstić information content (AvgIpc) is 2.88. The third-order valence-corrected chi connectivity index (χ3v) is 3.50. The van der Waals surface area contributed by atoms with Gasteiger partial charge in [-0.1, -0.05) is 0 Å². The molecule has 82 valence electrons. The van der Waals surface area contributed by atoms with Crippen molar-refractivity contribution in [2.45, 2.75) is 31.2 Å². The molecule has 2 rings (SSSR count). The fourth-order valence-electron chi connectivity index (χ4n) is 1.60. The molecule has 2 nitrogen and oxygen atoms in total. The van der Waals surface area contributed by atoms with E-state index < -0.39 is 0 Å². The van der Waals surface area contributed by atoms with Crippen LogP contribution in [0, 0.1) is 5.82 Å². The maximum absolute atomic E-state index is 13.1. The van der Waals surface area contributed by atoms with E-state index in [-0.39, 0.29) is 17.1 Å². The Morgan fingerprint density at radius 1 is 1.47 bits per heavy atom. The summed E-state index contributed by atoms with van der Waals surface area (Å²) in [6, 6.07) is 2.63. The molecule has 1 aromatic rings. The first-order chi connectivity index (χ1) is 7.00. The molecule has 1 aliphatic rings. The third-order valence-electron chi connectivity index (χ3n) is 2.89. The van der Waals surface area contributed by atoms with Crippen molar-refractivity contribution in [3.63, 3.8) is 0 Å². The van der Waals surface area contributed by atoms with Crippen LogP contribution in [0.3, 0.4) is 0 Å². The zero-order valence-electron chi connectivity index (χ0n) is 8.26. The van der Waals surface area contributed by atoms with E-state index in [1.807, 2.05) is 0 Å². The van der Waals surface area contributed by atoms with Crippen molar-refractivity contribution in [1.29, 1.82) is 0 Å². The maximum atomic E-state index is 13.1. The van der Waals surface area contributed by atoms with Gasteiger partial charge in [0.05, 0.1) is 4.47 Å². The summed E-state index contributed by atoms with van der Waals surface area (Å²) >= 11 is 3.11. The number of hydrogen-bond acceptors (Lipinski definition) is 2. The van der Waals surface area contributed by atoms with Crippen LogP contribution in [0.5, 0.6) is 5.75 Å². The summed E-state index contributed by atoms with van der Waals surface area (Å²) in [5, 5.41) is 9.68. The molecule has 1 fully saturated rings. The van der Waals surface area contributed by atoms with Gasteiger partial charge in [-0.15, -0.1) is 0 Å². The predicted octanol–water partition coefficient (Wildman–Crippen LogP) is 2.72. The van der Waals surface area contributed by atoms with E-state index in [0.29, 0.717) is 16.5 Å². The van der Waals surface area contributed by atoms with Crippen LogP contribution < -0.4 is 5.73 Å². The minimum Gasteiger partial charge on any atom is -0.506 e. The lowest BCUT2D eigenvalue weighted by Gasteiger charge is -2.10. The summed E-state index contributed by atoms with van der Waals surface area (Å²) in [7, 11) is 0. The molecule has 0 saturated heterocycles. The smallest absolute Gasteiger partial charge is 0.133 e. The highest BCUT2D eigenvalue weighted by atomic mass is 79.9. The van der Waals surface area contributed by atoms with Gasteiger partial charge >= 0.3 is 0 Å². The van der Waals surface area contributed by atoms with Crippen molar-refractivity contribution in [2.75, 3.05) is 0 Å². The Bertz CT molecular complexity index is 390. The Hall–Kier alpha value is -0.610. The topological polar surface area (TPSA) is 46.2 Å². The van der Waals surface area contributed by atoms with Crippen molar-refractivity contribution < 1.29 is 9.50 Å². The van der Waals surface area contributed by atoms with Gasteiger partial charge in [0.1, 0.15) is 11.6 Å². The van der Waals surface area contributed by atoms with Gasteiger partial charge in [-0.25, -0.2) is 4.39 Å². The van der Waals surface area contributed by atoms with E-state index in [1.165, 1.54) is 12.1 Å². The first kappa shape index (κ1) is 10.9. The largest absolute Gasteiger partial charge is 0.506 e. The molecule has 0 aromatic heterocycles. The summed E-state index contributed by atoms with van der Waals surface area (Å²) < 4.78 is 13.5. The lowest BCUT2D eigenvalue weighted by molar-refractivity contribution is 0.458. The molecule has 15 heavy (non-hydrogen) atoms. The number of aromatic hydroxyl groups is 1. The molecule has 3 N–H and O–H groups in total. The zero-order chi connectivity index (χ0) is 11.1. The van der Waals surface area contributed by atoms with Gasteiger partial charge in [0.25, 0.3) is 0 Å². The van der Waals surface area contributed by atoms with Crippen molar-refractivity contribution in [1.82, 2.24) is 0 Å². The molecule has 1 saturated carbocycles. The molecule has 0 amide bonds. The van der Waals surface area contributed by atoms with Crippen LogP contribution in [0.1, 0.15) is 24.8 Å². The number of benzene rings is 1. The standard InChI is InChI=1S/C11H13BrFNO/c12-9-6-8(13)5-7(10(9)15)1-2-11(14)3-4-11/h5-6,15H,1-4,14H2. The predicted molar refractivity (Wildman–Crippen MR) is 60.2 cm³/mol. The van der Waals surface area contributed by atoms with Crippen LogP contribution in [-0.4, -0.2) is 10.6 Å². The van der Waals surface area contributed by atoms with Crippen molar-refractivity contribution in [3.05, 3.63) is 28.0 Å². The van der Waals surface area contributed by atoms with E-state index in [1.54, 1.807) is 0 Å². The Kier molecular flexibility index (Phi) is 2.73. The van der Waals surface area contributed by atoms with Gasteiger partial charge in [-0.3, -0.25) is 0 Å². The molecule has 0 spiro atoms. The first-order valence-electron chi connectivity index (χ1n) is 4.96. The SMILES string of the molecule is NC1(CCc2cc(F)cc(Br)c2O)CC1. The van der Waals surface area contributed by atoms with Gasteiger partial charge in [-0.2, -0.15) is 0 Å². The zero-order valence-corrected chi connectivity index (χ0v) is 9.85.